The van der Waals surface area contributed by atoms with E-state index >= 15 is 0 Å². The van der Waals surface area contributed by atoms with Gasteiger partial charge in [-0.1, -0.05) is 12.1 Å². The lowest BCUT2D eigenvalue weighted by Crippen LogP contribution is -2.60. The van der Waals surface area contributed by atoms with Crippen molar-refractivity contribution in [3.05, 3.63) is 29.8 Å². The number of methoxy groups -OCH3 is 1. The normalized spacial score (nSPS) is 14.4. The molecule has 4 N–H and O–H groups in total. The van der Waals surface area contributed by atoms with Crippen molar-refractivity contribution in [2.24, 2.45) is 0 Å². The molecule has 9 nitrogen and oxygen atoms in total. The van der Waals surface area contributed by atoms with Crippen molar-refractivity contribution in [3.63, 3.8) is 0 Å². The lowest BCUT2D eigenvalue weighted by atomic mass is 10.0. The molecular formula is C19H28N2O7. The van der Waals surface area contributed by atoms with E-state index in [1.807, 2.05) is 0 Å². The minimum atomic E-state index is -1.88. The monoisotopic (exact) mass is 396 g/mol. The first-order chi connectivity index (χ1) is 12.9. The molecule has 0 radical (unpaired) electrons. The summed E-state index contributed by atoms with van der Waals surface area (Å²) in [7, 11) is 1.52. The zero-order chi connectivity index (χ0) is 21.5. The van der Waals surface area contributed by atoms with Crippen LogP contribution in [0.1, 0.15) is 33.3 Å². The number of carboxylic acid groups (broad SMARTS) is 1. The maximum absolute atomic E-state index is 12.7. The molecule has 9 heteroatoms. The molecule has 0 fully saturated rings. The van der Waals surface area contributed by atoms with Crippen LogP contribution in [0, 0.1) is 0 Å². The van der Waals surface area contributed by atoms with Gasteiger partial charge in [-0.05, 0) is 45.4 Å². The Morgan fingerprint density at radius 3 is 2.11 bits per heavy atom. The maximum atomic E-state index is 12.7. The molecule has 0 heterocycles. The number of rotatable bonds is 8. The number of amides is 2. The Kier molecular flexibility index (Phi) is 7.80. The van der Waals surface area contributed by atoms with Gasteiger partial charge in [0.1, 0.15) is 17.4 Å². The van der Waals surface area contributed by atoms with Gasteiger partial charge in [-0.3, -0.25) is 4.79 Å². The number of hydrogen-bond donors (Lipinski definition) is 4. The van der Waals surface area contributed by atoms with Crippen LogP contribution in [0.5, 0.6) is 5.75 Å². The smallest absolute Gasteiger partial charge is 0.408 e. The van der Waals surface area contributed by atoms with Gasteiger partial charge in [-0.15, -0.1) is 0 Å². The third-order valence-electron chi connectivity index (χ3n) is 3.79. The zero-order valence-electron chi connectivity index (χ0n) is 16.7. The molecule has 2 amide bonds. The van der Waals surface area contributed by atoms with Crippen LogP contribution in [0.15, 0.2) is 24.3 Å². The minimum absolute atomic E-state index is 0.0796. The van der Waals surface area contributed by atoms with E-state index in [0.29, 0.717) is 11.3 Å². The first-order valence-electron chi connectivity index (χ1n) is 8.69. The van der Waals surface area contributed by atoms with Crippen LogP contribution < -0.4 is 15.4 Å². The van der Waals surface area contributed by atoms with E-state index < -0.39 is 41.8 Å². The molecule has 0 saturated heterocycles. The van der Waals surface area contributed by atoms with E-state index in [2.05, 4.69) is 10.6 Å². The van der Waals surface area contributed by atoms with Gasteiger partial charge in [0.2, 0.25) is 5.91 Å². The summed E-state index contributed by atoms with van der Waals surface area (Å²) in [5.74, 6) is -1.53. The largest absolute Gasteiger partial charge is 0.497 e. The summed E-state index contributed by atoms with van der Waals surface area (Å²) in [5, 5.41) is 23.3. The lowest BCUT2D eigenvalue weighted by Gasteiger charge is -2.28. The summed E-state index contributed by atoms with van der Waals surface area (Å²) in [6.45, 7) is 5.40. The van der Waals surface area contributed by atoms with Gasteiger partial charge in [-0.25, -0.2) is 9.59 Å². The predicted octanol–water partition coefficient (Wildman–Crippen LogP) is 1.08. The average Bonchev–Trinajstić information content (AvgIpc) is 2.59. The van der Waals surface area contributed by atoms with Gasteiger partial charge >= 0.3 is 12.1 Å². The topological polar surface area (TPSA) is 134 Å². The number of hydrogen-bond acceptors (Lipinski definition) is 6. The van der Waals surface area contributed by atoms with Crippen LogP contribution in [0.2, 0.25) is 0 Å². The second-order valence-electron chi connectivity index (χ2n) is 7.54. The Hall–Kier alpha value is -2.81. The summed E-state index contributed by atoms with van der Waals surface area (Å²) in [6, 6.07) is 5.73. The van der Waals surface area contributed by atoms with Crippen LogP contribution >= 0.6 is 0 Å². The molecule has 2 atom stereocenters. The highest BCUT2D eigenvalue weighted by atomic mass is 16.6. The van der Waals surface area contributed by atoms with E-state index in [-0.39, 0.29) is 6.42 Å². The number of aliphatic carboxylic acids is 1. The van der Waals surface area contributed by atoms with Crippen LogP contribution in [0.3, 0.4) is 0 Å². The number of aliphatic hydroxyl groups is 1. The number of carbonyl (C=O) groups excluding carboxylic acids is 2. The molecule has 0 bridgehead atoms. The zero-order valence-corrected chi connectivity index (χ0v) is 16.7. The number of carboxylic acids is 1. The summed E-state index contributed by atoms with van der Waals surface area (Å²) >= 11 is 0. The summed E-state index contributed by atoms with van der Waals surface area (Å²) in [4.78, 5) is 36.2. The highest BCUT2D eigenvalue weighted by Crippen LogP contribution is 2.14. The minimum Gasteiger partial charge on any atom is -0.497 e. The third kappa shape index (κ3) is 7.07. The third-order valence-corrected chi connectivity index (χ3v) is 3.79. The Morgan fingerprint density at radius 1 is 1.11 bits per heavy atom. The highest BCUT2D eigenvalue weighted by Gasteiger charge is 2.37. The Bertz CT molecular complexity index is 697. The van der Waals surface area contributed by atoms with Gasteiger partial charge in [0.05, 0.1) is 13.7 Å². The average molecular weight is 396 g/mol. The van der Waals surface area contributed by atoms with Crippen LogP contribution in [0.4, 0.5) is 4.79 Å². The van der Waals surface area contributed by atoms with E-state index in [0.717, 1.165) is 0 Å². The van der Waals surface area contributed by atoms with Crippen molar-refractivity contribution in [2.45, 2.75) is 51.3 Å². The molecule has 0 saturated carbocycles. The molecule has 1 aromatic carbocycles. The van der Waals surface area contributed by atoms with Gasteiger partial charge < -0.3 is 30.3 Å². The van der Waals surface area contributed by atoms with Crippen molar-refractivity contribution < 1.29 is 34.1 Å². The molecule has 0 spiro atoms. The predicted molar refractivity (Wildman–Crippen MR) is 101 cm³/mol. The van der Waals surface area contributed by atoms with E-state index in [1.54, 1.807) is 45.0 Å². The van der Waals surface area contributed by atoms with Gasteiger partial charge in [0.15, 0.2) is 5.54 Å². The van der Waals surface area contributed by atoms with Crippen LogP contribution in [-0.4, -0.2) is 59.1 Å². The fraction of sp³-hybridized carbons (Fsp3) is 0.526. The van der Waals surface area contributed by atoms with Gasteiger partial charge in [0, 0.05) is 6.42 Å². The molecule has 0 aliphatic heterocycles. The number of alkyl carbamates (subject to hydrolysis) is 1. The summed E-state index contributed by atoms with van der Waals surface area (Å²) < 4.78 is 10.3. The molecule has 156 valence electrons. The Morgan fingerprint density at radius 2 is 1.68 bits per heavy atom. The van der Waals surface area contributed by atoms with Gasteiger partial charge in [-0.2, -0.15) is 0 Å². The lowest BCUT2D eigenvalue weighted by molar-refractivity contribution is -0.149. The summed E-state index contributed by atoms with van der Waals surface area (Å²) in [6.07, 6.45) is -0.738. The van der Waals surface area contributed by atoms with Crippen molar-refractivity contribution in [3.8, 4) is 5.75 Å². The van der Waals surface area contributed by atoms with Crippen LogP contribution in [0.25, 0.3) is 0 Å². The number of carbonyl (C=O) groups is 3. The molecule has 0 aliphatic carbocycles. The number of benzene rings is 1. The Balaban J connectivity index is 3.02. The standard InChI is InChI=1S/C19H28N2O7/c1-18(2,3)28-17(26)20-14(10-12-6-8-13(27-5)9-7-12)15(23)21-19(4,11-22)16(24)25/h6-9,14,22H,10-11H2,1-5H3,(H,20,26)(H,21,23)(H,24,25). The fourth-order valence-electron chi connectivity index (χ4n) is 2.18. The highest BCUT2D eigenvalue weighted by molar-refractivity contribution is 5.91. The number of ether oxygens (including phenoxy) is 2. The second kappa shape index (κ2) is 9.41. The first-order valence-corrected chi connectivity index (χ1v) is 8.69. The molecule has 2 unspecified atom stereocenters. The number of aliphatic hydroxyl groups excluding tert-OH is 1. The molecule has 1 aromatic rings. The quantitative estimate of drug-likeness (QED) is 0.516. The second-order valence-corrected chi connectivity index (χ2v) is 7.54. The molecule has 1 rings (SSSR count). The SMILES string of the molecule is COc1ccc(CC(NC(=O)OC(C)(C)C)C(=O)NC(C)(CO)C(=O)O)cc1. The van der Waals surface area contributed by atoms with E-state index in [4.69, 9.17) is 9.47 Å². The fourth-order valence-corrected chi connectivity index (χ4v) is 2.18. The van der Waals surface area contributed by atoms with Crippen molar-refractivity contribution in [1.82, 2.24) is 10.6 Å². The molecule has 28 heavy (non-hydrogen) atoms. The number of nitrogens with one attached hydrogen (secondary N) is 2. The van der Waals surface area contributed by atoms with Crippen molar-refractivity contribution in [1.29, 1.82) is 0 Å². The molecule has 0 aliphatic rings. The summed E-state index contributed by atoms with van der Waals surface area (Å²) in [5.41, 5.74) is -1.95. The van der Waals surface area contributed by atoms with E-state index in [9.17, 15) is 24.6 Å². The van der Waals surface area contributed by atoms with Crippen LogP contribution in [-0.2, 0) is 20.7 Å². The first kappa shape index (κ1) is 23.2. The van der Waals surface area contributed by atoms with Crippen molar-refractivity contribution in [2.75, 3.05) is 13.7 Å². The Labute approximate surface area is 164 Å². The van der Waals surface area contributed by atoms with Crippen molar-refractivity contribution >= 4 is 18.0 Å². The maximum Gasteiger partial charge on any atom is 0.408 e. The molecule has 0 aromatic heterocycles. The molecular weight excluding hydrogens is 368 g/mol. The van der Waals surface area contributed by atoms with Gasteiger partial charge in [0.25, 0.3) is 0 Å². The van der Waals surface area contributed by atoms with E-state index in [1.165, 1.54) is 14.0 Å².